The highest BCUT2D eigenvalue weighted by Gasteiger charge is 2.37. The molecule has 8 nitrogen and oxygen atoms in total. The van der Waals surface area contributed by atoms with Gasteiger partial charge in [-0.25, -0.2) is 0 Å². The molecule has 3 aliphatic rings. The number of hydrogen-bond donors (Lipinski definition) is 0. The van der Waals surface area contributed by atoms with Crippen LogP contribution < -0.4 is 10.5 Å². The fraction of sp³-hybridized carbons (Fsp3) is 0.350. The third-order valence-electron chi connectivity index (χ3n) is 5.74. The van der Waals surface area contributed by atoms with Gasteiger partial charge in [-0.05, 0) is 18.4 Å². The van der Waals surface area contributed by atoms with Gasteiger partial charge in [0.05, 0.1) is 4.91 Å². The molecule has 0 N–H and O–H groups in total. The lowest BCUT2D eigenvalue weighted by atomic mass is 9.83. The molecule has 2 saturated heterocycles. The third-order valence-corrected chi connectivity index (χ3v) is 7.22. The summed E-state index contributed by atoms with van der Waals surface area (Å²) in [5, 5.41) is 9.59. The van der Waals surface area contributed by atoms with Gasteiger partial charge in [-0.15, -0.1) is 0 Å². The number of pyridine rings is 1. The lowest BCUT2D eigenvalue weighted by Crippen LogP contribution is -2.47. The Morgan fingerprint density at radius 2 is 2.17 bits per heavy atom. The van der Waals surface area contributed by atoms with Gasteiger partial charge in [-0.3, -0.25) is 14.5 Å². The first-order chi connectivity index (χ1) is 14.4. The predicted molar refractivity (Wildman–Crippen MR) is 116 cm³/mol. The number of nitrogens with zero attached hydrogens (tertiary/aromatic N) is 5. The van der Waals surface area contributed by atoms with Crippen molar-refractivity contribution in [2.75, 3.05) is 25.0 Å². The maximum Gasteiger partial charge on any atom is 0.266 e. The molecule has 0 aliphatic carbocycles. The van der Waals surface area contributed by atoms with Crippen molar-refractivity contribution in [2.24, 2.45) is 5.92 Å². The molecule has 30 heavy (non-hydrogen) atoms. The Kier molecular flexibility index (Phi) is 4.52. The maximum atomic E-state index is 12.2. The Balaban J connectivity index is 1.46. The second-order valence-electron chi connectivity index (χ2n) is 7.66. The Labute approximate surface area is 181 Å². The fourth-order valence-corrected chi connectivity index (χ4v) is 5.54. The first-order valence-electron chi connectivity index (χ1n) is 9.51. The summed E-state index contributed by atoms with van der Waals surface area (Å²) in [6.45, 7) is 1.97. The van der Waals surface area contributed by atoms with Crippen molar-refractivity contribution in [2.45, 2.75) is 18.9 Å². The Morgan fingerprint density at radius 3 is 2.90 bits per heavy atom. The van der Waals surface area contributed by atoms with E-state index in [0.717, 1.165) is 12.1 Å². The first-order valence-corrected chi connectivity index (χ1v) is 10.7. The number of nitriles is 1. The molecule has 2 aromatic rings. The molecule has 3 aliphatic heterocycles. The number of fused-ring (bicyclic) bond motifs is 4. The lowest BCUT2D eigenvalue weighted by Gasteiger charge is -2.42. The highest BCUT2D eigenvalue weighted by Crippen LogP contribution is 2.38. The second kappa shape index (κ2) is 7.11. The molecule has 0 radical (unpaired) electrons. The van der Waals surface area contributed by atoms with Crippen molar-refractivity contribution in [3.8, 4) is 6.07 Å². The van der Waals surface area contributed by atoms with Crippen LogP contribution in [0.5, 0.6) is 0 Å². The molecule has 152 valence electrons. The number of rotatable bonds is 2. The molecule has 0 aromatic carbocycles. The Hall–Kier alpha value is -2.90. The van der Waals surface area contributed by atoms with Crippen LogP contribution in [0.1, 0.15) is 29.6 Å². The van der Waals surface area contributed by atoms with Crippen LogP contribution in [0.15, 0.2) is 32.3 Å². The molecule has 2 atom stereocenters. The summed E-state index contributed by atoms with van der Waals surface area (Å²) in [7, 11) is 1.62. The quantitative estimate of drug-likeness (QED) is 0.519. The van der Waals surface area contributed by atoms with Crippen molar-refractivity contribution in [3.63, 3.8) is 0 Å². The number of amides is 1. The van der Waals surface area contributed by atoms with Gasteiger partial charge in [0.1, 0.15) is 10.4 Å². The molecule has 0 unspecified atom stereocenters. The van der Waals surface area contributed by atoms with Gasteiger partial charge in [0.15, 0.2) is 0 Å². The van der Waals surface area contributed by atoms with Crippen LogP contribution in [0, 0.1) is 17.2 Å². The van der Waals surface area contributed by atoms with Gasteiger partial charge >= 0.3 is 0 Å². The summed E-state index contributed by atoms with van der Waals surface area (Å²) in [6, 6.07) is 7.49. The largest absolute Gasteiger partial charge is 0.420 e. The zero-order valence-electron chi connectivity index (χ0n) is 16.1. The molecule has 1 amide bonds. The van der Waals surface area contributed by atoms with Gasteiger partial charge in [0.2, 0.25) is 17.5 Å². The second-order valence-corrected chi connectivity index (χ2v) is 9.34. The number of hydrogen-bond acceptors (Lipinski definition) is 8. The summed E-state index contributed by atoms with van der Waals surface area (Å²) in [5.74, 6) is 0.883. The van der Waals surface area contributed by atoms with E-state index in [4.69, 9.17) is 16.6 Å². The van der Waals surface area contributed by atoms with Crippen LogP contribution in [0.25, 0.3) is 6.08 Å². The summed E-state index contributed by atoms with van der Waals surface area (Å²) >= 11 is 6.33. The van der Waals surface area contributed by atoms with Crippen LogP contribution in [-0.4, -0.2) is 44.8 Å². The number of anilines is 1. The molecular formula is C20H17N5O3S2. The van der Waals surface area contributed by atoms with Crippen LogP contribution in [0.4, 0.5) is 5.88 Å². The van der Waals surface area contributed by atoms with E-state index in [0.29, 0.717) is 34.7 Å². The zero-order chi connectivity index (χ0) is 21.0. The molecule has 0 spiro atoms. The van der Waals surface area contributed by atoms with E-state index in [9.17, 15) is 14.9 Å². The average Bonchev–Trinajstić information content (AvgIpc) is 3.25. The van der Waals surface area contributed by atoms with E-state index < -0.39 is 0 Å². The Bertz CT molecular complexity index is 1210. The first kappa shape index (κ1) is 19.1. The molecule has 2 bridgehead atoms. The number of oxazole rings is 1. The monoisotopic (exact) mass is 439 g/mol. The van der Waals surface area contributed by atoms with Gasteiger partial charge in [-0.1, -0.05) is 30.0 Å². The minimum absolute atomic E-state index is 0.0311. The molecule has 2 fully saturated rings. The van der Waals surface area contributed by atoms with Gasteiger partial charge in [0, 0.05) is 50.4 Å². The van der Waals surface area contributed by atoms with Gasteiger partial charge in [-0.2, -0.15) is 10.2 Å². The topological polar surface area (TPSA) is 95.4 Å². The van der Waals surface area contributed by atoms with Gasteiger partial charge < -0.3 is 13.9 Å². The van der Waals surface area contributed by atoms with Gasteiger partial charge in [0.25, 0.3) is 11.5 Å². The number of aromatic nitrogens is 2. The van der Waals surface area contributed by atoms with Crippen LogP contribution in [-0.2, 0) is 11.3 Å². The van der Waals surface area contributed by atoms with Crippen LogP contribution in [0.2, 0.25) is 0 Å². The number of carbonyl (C=O) groups is 1. The maximum absolute atomic E-state index is 12.2. The minimum atomic E-state index is -0.210. The third kappa shape index (κ3) is 3.05. The minimum Gasteiger partial charge on any atom is -0.420 e. The fourth-order valence-electron chi connectivity index (χ4n) is 4.40. The summed E-state index contributed by atoms with van der Waals surface area (Å²) < 4.78 is 8.25. The lowest BCUT2D eigenvalue weighted by molar-refractivity contribution is -0.121. The summed E-state index contributed by atoms with van der Waals surface area (Å²) in [5.41, 5.74) is 1.25. The van der Waals surface area contributed by atoms with E-state index in [1.165, 1.54) is 22.7 Å². The number of thioether (sulfide) groups is 1. The van der Waals surface area contributed by atoms with E-state index in [1.54, 1.807) is 19.2 Å². The predicted octanol–water partition coefficient (Wildman–Crippen LogP) is 2.16. The molecule has 10 heteroatoms. The van der Waals surface area contributed by atoms with Crippen LogP contribution in [0.3, 0.4) is 0 Å². The highest BCUT2D eigenvalue weighted by molar-refractivity contribution is 8.26. The average molecular weight is 440 g/mol. The SMILES string of the molecule is CN1C(=O)/C(=C/c2nc(C#N)c(N3C[C@@H]4C[C@@H](C3)c3cccc(=O)n3C4)o2)SC1=S. The normalized spacial score (nSPS) is 24.3. The summed E-state index contributed by atoms with van der Waals surface area (Å²) in [6.07, 6.45) is 2.54. The van der Waals surface area contributed by atoms with Crippen molar-refractivity contribution in [3.05, 3.63) is 50.7 Å². The number of thiocarbonyl (C=S) groups is 1. The van der Waals surface area contributed by atoms with E-state index in [1.807, 2.05) is 15.5 Å². The Morgan fingerprint density at radius 1 is 1.33 bits per heavy atom. The summed E-state index contributed by atoms with van der Waals surface area (Å²) in [4.78, 5) is 32.6. The highest BCUT2D eigenvalue weighted by atomic mass is 32.2. The van der Waals surface area contributed by atoms with Crippen LogP contribution >= 0.6 is 24.0 Å². The molecular weight excluding hydrogens is 422 g/mol. The molecule has 2 aromatic heterocycles. The number of likely N-dealkylation sites (N-methyl/N-ethyl adjacent to an activating group) is 1. The van der Waals surface area contributed by atoms with Crippen molar-refractivity contribution in [1.29, 1.82) is 5.26 Å². The van der Waals surface area contributed by atoms with E-state index in [-0.39, 0.29) is 34.9 Å². The molecule has 0 saturated carbocycles. The van der Waals surface area contributed by atoms with E-state index >= 15 is 0 Å². The van der Waals surface area contributed by atoms with Crippen molar-refractivity contribution < 1.29 is 9.21 Å². The van der Waals surface area contributed by atoms with Crippen molar-refractivity contribution >= 4 is 46.2 Å². The zero-order valence-corrected chi connectivity index (χ0v) is 17.7. The number of piperidine rings is 1. The molecule has 5 heterocycles. The van der Waals surface area contributed by atoms with Crippen molar-refractivity contribution in [1.82, 2.24) is 14.5 Å². The standard InChI is InChI=1S/C20H17N5O3S2/c1-23-18(27)15(30-20(23)29)6-16-22-13(7-21)19(28-16)24-8-11-5-12(10-24)14-3-2-4-17(26)25(14)9-11/h2-4,6,11-12H,5,8-10H2,1H3/b15-6-/t11-,12-/m0/s1. The van der Waals surface area contributed by atoms with E-state index in [2.05, 4.69) is 11.1 Å². The smallest absolute Gasteiger partial charge is 0.266 e. The number of carbonyl (C=O) groups excluding carboxylic acids is 1. The molecule has 5 rings (SSSR count).